The van der Waals surface area contributed by atoms with Gasteiger partial charge in [0.1, 0.15) is 17.8 Å². The lowest BCUT2D eigenvalue weighted by molar-refractivity contribution is -0.226. The van der Waals surface area contributed by atoms with Crippen molar-refractivity contribution in [1.29, 1.82) is 0 Å². The molecule has 286 valence electrons. The van der Waals surface area contributed by atoms with Gasteiger partial charge < -0.3 is 24.1 Å². The number of ether oxygens (including phenoxy) is 4. The van der Waals surface area contributed by atoms with Crippen LogP contribution in [0.2, 0.25) is 0 Å². The first-order valence-electron chi connectivity index (χ1n) is 20.2. The van der Waals surface area contributed by atoms with Gasteiger partial charge >= 0.3 is 23.9 Å². The Balaban J connectivity index is 1.15. The molecule has 0 aromatic carbocycles. The number of hydrogen-bond acceptors (Lipinski definition) is 9. The number of carbonyl (C=O) groups excluding carboxylic acids is 4. The van der Waals surface area contributed by atoms with Crippen LogP contribution in [0.25, 0.3) is 0 Å². The SMILES string of the molecule is CCC(C)(CC(C)(CC(C)(C)C(=O)OC12CC3CC(CC(O)(C3)C1)C2)C(=O)OC1C(=O)OCC1(C)C)C(=O)OC1(CC)C2CC3CC(C2)CC1C3. The number of rotatable bonds is 12. The average Bonchev–Trinajstić information content (AvgIpc) is 3.27. The zero-order valence-corrected chi connectivity index (χ0v) is 32.6. The fourth-order valence-electron chi connectivity index (χ4n) is 13.3. The van der Waals surface area contributed by atoms with E-state index in [1.807, 2.05) is 27.7 Å². The second kappa shape index (κ2) is 12.2. The summed E-state index contributed by atoms with van der Waals surface area (Å²) in [6.07, 6.45) is 10.6. The second-order valence-electron chi connectivity index (χ2n) is 20.9. The maximum Gasteiger partial charge on any atom is 0.348 e. The molecule has 0 spiro atoms. The maximum atomic E-state index is 14.6. The Bertz CT molecular complexity index is 1400. The van der Waals surface area contributed by atoms with Crippen molar-refractivity contribution in [3.63, 3.8) is 0 Å². The fourth-order valence-corrected chi connectivity index (χ4v) is 13.3. The van der Waals surface area contributed by atoms with Crippen molar-refractivity contribution in [1.82, 2.24) is 0 Å². The Kier molecular flexibility index (Phi) is 8.87. The molecule has 9 nitrogen and oxygen atoms in total. The molecule has 8 bridgehead atoms. The molecule has 1 heterocycles. The van der Waals surface area contributed by atoms with E-state index in [-0.39, 0.29) is 25.4 Å². The van der Waals surface area contributed by atoms with E-state index < -0.39 is 62.5 Å². The van der Waals surface area contributed by atoms with E-state index in [1.54, 1.807) is 20.8 Å². The van der Waals surface area contributed by atoms with Crippen LogP contribution in [-0.4, -0.2) is 58.5 Å². The Morgan fingerprint density at radius 3 is 1.82 bits per heavy atom. The Morgan fingerprint density at radius 2 is 1.33 bits per heavy atom. The fraction of sp³-hybridized carbons (Fsp3) is 0.905. The van der Waals surface area contributed by atoms with Gasteiger partial charge in [-0.1, -0.05) is 27.7 Å². The first-order chi connectivity index (χ1) is 23.7. The van der Waals surface area contributed by atoms with Gasteiger partial charge in [0.15, 0.2) is 0 Å². The van der Waals surface area contributed by atoms with Crippen LogP contribution in [-0.2, 0) is 38.1 Å². The molecule has 8 saturated carbocycles. The lowest BCUT2D eigenvalue weighted by Crippen LogP contribution is -2.61. The molecule has 0 aromatic rings. The quantitative estimate of drug-likeness (QED) is 0.162. The Labute approximate surface area is 305 Å². The van der Waals surface area contributed by atoms with Crippen LogP contribution in [0.15, 0.2) is 0 Å². The summed E-state index contributed by atoms with van der Waals surface area (Å²) in [5.41, 5.74) is -6.24. The van der Waals surface area contributed by atoms with Crippen molar-refractivity contribution in [3.05, 3.63) is 0 Å². The van der Waals surface area contributed by atoms with Crippen molar-refractivity contribution in [2.75, 3.05) is 6.61 Å². The van der Waals surface area contributed by atoms with Crippen LogP contribution < -0.4 is 0 Å². The van der Waals surface area contributed by atoms with E-state index in [9.17, 15) is 24.3 Å². The van der Waals surface area contributed by atoms with Gasteiger partial charge in [-0.3, -0.25) is 14.4 Å². The van der Waals surface area contributed by atoms with Gasteiger partial charge in [-0.25, -0.2) is 4.79 Å². The van der Waals surface area contributed by atoms with E-state index in [0.29, 0.717) is 36.5 Å². The van der Waals surface area contributed by atoms with Crippen molar-refractivity contribution < 1.29 is 43.2 Å². The minimum absolute atomic E-state index is 0.0451. The Hall–Kier alpha value is -2.16. The molecule has 9 heteroatoms. The van der Waals surface area contributed by atoms with Gasteiger partial charge in [-0.05, 0) is 153 Å². The summed E-state index contributed by atoms with van der Waals surface area (Å²) < 4.78 is 24.6. The summed E-state index contributed by atoms with van der Waals surface area (Å²) in [7, 11) is 0. The first-order valence-corrected chi connectivity index (χ1v) is 20.2. The zero-order valence-electron chi connectivity index (χ0n) is 32.6. The third kappa shape index (κ3) is 6.35. The number of cyclic esters (lactones) is 1. The summed E-state index contributed by atoms with van der Waals surface area (Å²) in [5, 5.41) is 11.3. The van der Waals surface area contributed by atoms with Gasteiger partial charge in [-0.2, -0.15) is 0 Å². The maximum absolute atomic E-state index is 14.6. The molecule has 9 fully saturated rings. The molecule has 5 unspecified atom stereocenters. The lowest BCUT2D eigenvalue weighted by Gasteiger charge is -2.60. The highest BCUT2D eigenvalue weighted by Crippen LogP contribution is 2.62. The van der Waals surface area contributed by atoms with Crippen LogP contribution in [0.4, 0.5) is 0 Å². The molecule has 1 saturated heterocycles. The molecule has 1 aliphatic heterocycles. The van der Waals surface area contributed by atoms with Crippen molar-refractivity contribution in [2.24, 2.45) is 57.2 Å². The standard InChI is InChI=1S/C42H64O9/c1-9-38(7,35(46)51-42(10-2)29-13-25-11-26(15-29)16-30(42)14-25)22-39(8,34(45)49-31-32(43)48-24-37(31,5)6)21-36(3,4)33(44)50-41-19-27-12-28(20-41)18-40(47,17-27)23-41/h25-31,47H,9-24H2,1-8H3. The molecular formula is C42H64O9. The van der Waals surface area contributed by atoms with Gasteiger partial charge in [0.25, 0.3) is 0 Å². The molecule has 0 radical (unpaired) electrons. The molecule has 9 aliphatic rings. The van der Waals surface area contributed by atoms with E-state index in [4.69, 9.17) is 18.9 Å². The minimum atomic E-state index is -1.35. The molecule has 8 aliphatic carbocycles. The van der Waals surface area contributed by atoms with E-state index in [1.165, 1.54) is 6.42 Å². The largest absolute Gasteiger partial charge is 0.462 e. The highest BCUT2D eigenvalue weighted by atomic mass is 16.6. The highest BCUT2D eigenvalue weighted by molar-refractivity contribution is 5.86. The smallest absolute Gasteiger partial charge is 0.348 e. The summed E-state index contributed by atoms with van der Waals surface area (Å²) in [6, 6.07) is 0. The molecule has 9 rings (SSSR count). The third-order valence-corrected chi connectivity index (χ3v) is 15.3. The van der Waals surface area contributed by atoms with E-state index in [2.05, 4.69) is 6.92 Å². The molecule has 5 atom stereocenters. The van der Waals surface area contributed by atoms with Gasteiger partial charge in [0, 0.05) is 11.8 Å². The van der Waals surface area contributed by atoms with Crippen LogP contribution in [0.5, 0.6) is 0 Å². The number of carbonyl (C=O) groups is 4. The highest BCUT2D eigenvalue weighted by Gasteiger charge is 2.62. The molecule has 1 N–H and O–H groups in total. The summed E-state index contributed by atoms with van der Waals surface area (Å²) in [4.78, 5) is 56.3. The molecule has 51 heavy (non-hydrogen) atoms. The Morgan fingerprint density at radius 1 is 0.765 bits per heavy atom. The predicted molar refractivity (Wildman–Crippen MR) is 189 cm³/mol. The summed E-state index contributed by atoms with van der Waals surface area (Å²) in [6.45, 7) is 15.2. The van der Waals surface area contributed by atoms with Gasteiger partial charge in [0.2, 0.25) is 6.10 Å². The number of aliphatic hydroxyl groups is 1. The van der Waals surface area contributed by atoms with E-state index in [0.717, 1.165) is 76.0 Å². The van der Waals surface area contributed by atoms with Gasteiger partial charge in [0.05, 0.1) is 21.8 Å². The number of hydrogen-bond donors (Lipinski definition) is 1. The van der Waals surface area contributed by atoms with Crippen LogP contribution in [0.1, 0.15) is 152 Å². The molecule has 0 aromatic heterocycles. The monoisotopic (exact) mass is 712 g/mol. The topological polar surface area (TPSA) is 125 Å². The number of esters is 4. The summed E-state index contributed by atoms with van der Waals surface area (Å²) in [5.74, 6) is 0.980. The lowest BCUT2D eigenvalue weighted by atomic mass is 9.49. The van der Waals surface area contributed by atoms with Crippen LogP contribution in [0, 0.1) is 57.2 Å². The van der Waals surface area contributed by atoms with Crippen molar-refractivity contribution in [3.8, 4) is 0 Å². The zero-order chi connectivity index (χ0) is 37.0. The van der Waals surface area contributed by atoms with E-state index >= 15 is 0 Å². The third-order valence-electron chi connectivity index (χ3n) is 15.3. The normalized spacial score (nSPS) is 42.5. The predicted octanol–water partition coefficient (Wildman–Crippen LogP) is 7.49. The van der Waals surface area contributed by atoms with Crippen molar-refractivity contribution in [2.45, 2.75) is 175 Å². The molecule has 0 amide bonds. The summed E-state index contributed by atoms with van der Waals surface area (Å²) >= 11 is 0. The average molecular weight is 713 g/mol. The van der Waals surface area contributed by atoms with Crippen LogP contribution >= 0.6 is 0 Å². The first kappa shape index (κ1) is 37.2. The van der Waals surface area contributed by atoms with Crippen molar-refractivity contribution >= 4 is 23.9 Å². The molecular weight excluding hydrogens is 648 g/mol. The minimum Gasteiger partial charge on any atom is -0.462 e. The van der Waals surface area contributed by atoms with Crippen LogP contribution in [0.3, 0.4) is 0 Å². The van der Waals surface area contributed by atoms with Gasteiger partial charge in [-0.15, -0.1) is 0 Å². The second-order valence-corrected chi connectivity index (χ2v) is 20.9.